The number of hydrogen-bond donors (Lipinski definition) is 2. The largest absolute Gasteiger partial charge is 0.497 e. The van der Waals surface area contributed by atoms with E-state index in [4.69, 9.17) is 14.6 Å². The van der Waals surface area contributed by atoms with Crippen molar-refractivity contribution in [3.8, 4) is 11.5 Å². The Balaban J connectivity index is 2.38. The van der Waals surface area contributed by atoms with Gasteiger partial charge < -0.3 is 14.6 Å². The van der Waals surface area contributed by atoms with Gasteiger partial charge in [0.05, 0.1) is 31.8 Å². The summed E-state index contributed by atoms with van der Waals surface area (Å²) in [6.45, 7) is 0. The van der Waals surface area contributed by atoms with Crippen molar-refractivity contribution in [1.82, 2.24) is 5.32 Å². The lowest BCUT2D eigenvalue weighted by Crippen LogP contribution is -2.51. The molecule has 2 unspecified atom stereocenters. The van der Waals surface area contributed by atoms with Gasteiger partial charge in [-0.05, 0) is 6.07 Å². The predicted molar refractivity (Wildman–Crippen MR) is 75.5 cm³/mol. The first kappa shape index (κ1) is 15.6. The lowest BCUT2D eigenvalue weighted by molar-refractivity contribution is -0.139. The van der Waals surface area contributed by atoms with Gasteiger partial charge in [0.25, 0.3) is 0 Å². The van der Waals surface area contributed by atoms with Crippen molar-refractivity contribution in [1.29, 1.82) is 0 Å². The fourth-order valence-corrected chi connectivity index (χ4v) is 4.01. The van der Waals surface area contributed by atoms with Crippen LogP contribution in [0, 0.1) is 0 Å². The van der Waals surface area contributed by atoms with Crippen molar-refractivity contribution in [2.45, 2.75) is 12.1 Å². The molecule has 2 N–H and O–H groups in total. The molecule has 21 heavy (non-hydrogen) atoms. The van der Waals surface area contributed by atoms with Gasteiger partial charge in [-0.15, -0.1) is 0 Å². The van der Waals surface area contributed by atoms with Crippen LogP contribution in [0.1, 0.15) is 11.6 Å². The standard InChI is InChI=1S/C13H17NO6S/c1-19-8-3-4-9(12(5-8)20-2)10-6-21(17,18)7-11(14-10)13(15)16/h3-5,10-11,14H,6-7H2,1-2H3,(H,15,16). The number of carboxylic acid groups (broad SMARTS) is 1. The maximum absolute atomic E-state index is 11.9. The summed E-state index contributed by atoms with van der Waals surface area (Å²) in [6, 6.07) is 3.23. The third-order valence-corrected chi connectivity index (χ3v) is 5.04. The van der Waals surface area contributed by atoms with Crippen LogP contribution in [0.2, 0.25) is 0 Å². The van der Waals surface area contributed by atoms with Crippen LogP contribution in [0.5, 0.6) is 11.5 Å². The molecular formula is C13H17NO6S. The first-order chi connectivity index (χ1) is 9.86. The van der Waals surface area contributed by atoms with Gasteiger partial charge >= 0.3 is 5.97 Å². The number of carbonyl (C=O) groups is 1. The molecule has 1 heterocycles. The number of methoxy groups -OCH3 is 2. The zero-order valence-electron chi connectivity index (χ0n) is 11.7. The van der Waals surface area contributed by atoms with E-state index in [2.05, 4.69) is 5.32 Å². The van der Waals surface area contributed by atoms with Gasteiger partial charge in [0.2, 0.25) is 0 Å². The molecule has 0 amide bonds. The van der Waals surface area contributed by atoms with Gasteiger partial charge in [0, 0.05) is 11.6 Å². The molecule has 7 nitrogen and oxygen atoms in total. The van der Waals surface area contributed by atoms with Crippen LogP contribution in [-0.2, 0) is 14.6 Å². The average Bonchev–Trinajstić information content (AvgIpc) is 2.44. The Morgan fingerprint density at radius 3 is 2.57 bits per heavy atom. The Labute approximate surface area is 122 Å². The van der Waals surface area contributed by atoms with E-state index in [0.717, 1.165) is 0 Å². The quantitative estimate of drug-likeness (QED) is 0.819. The maximum Gasteiger partial charge on any atom is 0.321 e. The molecule has 0 spiro atoms. The van der Waals surface area contributed by atoms with Crippen molar-refractivity contribution in [2.75, 3.05) is 25.7 Å². The molecule has 1 fully saturated rings. The van der Waals surface area contributed by atoms with E-state index < -0.39 is 33.6 Å². The minimum atomic E-state index is -3.45. The third-order valence-electron chi connectivity index (χ3n) is 3.36. The molecule has 0 radical (unpaired) electrons. The highest BCUT2D eigenvalue weighted by Crippen LogP contribution is 2.32. The second kappa shape index (κ2) is 5.90. The van der Waals surface area contributed by atoms with Gasteiger partial charge in [0.1, 0.15) is 17.5 Å². The summed E-state index contributed by atoms with van der Waals surface area (Å²) in [5, 5.41) is 11.9. The number of aliphatic carboxylic acids is 1. The molecule has 1 aliphatic heterocycles. The summed E-state index contributed by atoms with van der Waals surface area (Å²) in [5.74, 6) is -0.732. The summed E-state index contributed by atoms with van der Waals surface area (Å²) in [6.07, 6.45) is 0. The highest BCUT2D eigenvalue weighted by molar-refractivity contribution is 7.91. The monoisotopic (exact) mass is 315 g/mol. The normalized spacial score (nSPS) is 24.3. The Morgan fingerprint density at radius 1 is 1.29 bits per heavy atom. The van der Waals surface area contributed by atoms with Crippen LogP contribution in [-0.4, -0.2) is 51.3 Å². The van der Waals surface area contributed by atoms with Gasteiger partial charge in [-0.2, -0.15) is 0 Å². The minimum absolute atomic E-state index is 0.167. The predicted octanol–water partition coefficient (Wildman–Crippen LogP) is 0.216. The molecule has 1 aliphatic rings. The molecule has 1 aromatic carbocycles. The van der Waals surface area contributed by atoms with Crippen molar-refractivity contribution < 1.29 is 27.8 Å². The Morgan fingerprint density at radius 2 is 2.00 bits per heavy atom. The van der Waals surface area contributed by atoms with Gasteiger partial charge in [-0.1, -0.05) is 6.07 Å². The first-order valence-electron chi connectivity index (χ1n) is 6.27. The summed E-state index contributed by atoms with van der Waals surface area (Å²) in [4.78, 5) is 11.1. The van der Waals surface area contributed by atoms with Crippen LogP contribution in [0.25, 0.3) is 0 Å². The number of sulfone groups is 1. The van der Waals surface area contributed by atoms with Crippen LogP contribution in [0.15, 0.2) is 18.2 Å². The highest BCUT2D eigenvalue weighted by atomic mass is 32.2. The van der Waals surface area contributed by atoms with E-state index in [-0.39, 0.29) is 5.75 Å². The van der Waals surface area contributed by atoms with Gasteiger partial charge in [-0.3, -0.25) is 10.1 Å². The number of nitrogens with one attached hydrogen (secondary N) is 1. The zero-order valence-corrected chi connectivity index (χ0v) is 12.5. The van der Waals surface area contributed by atoms with Crippen LogP contribution in [0.3, 0.4) is 0 Å². The van der Waals surface area contributed by atoms with Gasteiger partial charge in [0.15, 0.2) is 9.84 Å². The Kier molecular flexibility index (Phi) is 4.38. The number of carboxylic acids is 1. The van der Waals surface area contributed by atoms with Crippen LogP contribution < -0.4 is 14.8 Å². The lowest BCUT2D eigenvalue weighted by Gasteiger charge is -2.29. The van der Waals surface area contributed by atoms with Crippen molar-refractivity contribution in [2.24, 2.45) is 0 Å². The van der Waals surface area contributed by atoms with E-state index >= 15 is 0 Å². The summed E-state index contributed by atoms with van der Waals surface area (Å²) in [5.41, 5.74) is 0.591. The molecular weight excluding hydrogens is 298 g/mol. The Bertz CT molecular complexity index is 642. The van der Waals surface area contributed by atoms with Crippen molar-refractivity contribution in [3.05, 3.63) is 23.8 Å². The van der Waals surface area contributed by atoms with E-state index in [1.807, 2.05) is 0 Å². The van der Waals surface area contributed by atoms with Crippen LogP contribution >= 0.6 is 0 Å². The fourth-order valence-electron chi connectivity index (χ4n) is 2.34. The molecule has 1 aromatic rings. The third kappa shape index (κ3) is 3.45. The van der Waals surface area contributed by atoms with E-state index in [1.54, 1.807) is 18.2 Å². The van der Waals surface area contributed by atoms with Gasteiger partial charge in [-0.25, -0.2) is 8.42 Å². The SMILES string of the molecule is COc1ccc(C2CS(=O)(=O)CC(C(=O)O)N2)c(OC)c1. The second-order valence-corrected chi connectivity index (χ2v) is 6.95. The highest BCUT2D eigenvalue weighted by Gasteiger charge is 2.36. The summed E-state index contributed by atoms with van der Waals surface area (Å²) in [7, 11) is -0.470. The summed E-state index contributed by atoms with van der Waals surface area (Å²) < 4.78 is 34.1. The number of benzene rings is 1. The number of ether oxygens (including phenoxy) is 2. The molecule has 0 aromatic heterocycles. The lowest BCUT2D eigenvalue weighted by atomic mass is 10.1. The molecule has 1 saturated heterocycles. The van der Waals surface area contributed by atoms with E-state index in [0.29, 0.717) is 17.1 Å². The fraction of sp³-hybridized carbons (Fsp3) is 0.462. The minimum Gasteiger partial charge on any atom is -0.497 e. The first-order valence-corrected chi connectivity index (χ1v) is 8.09. The number of rotatable bonds is 4. The second-order valence-electron chi connectivity index (χ2n) is 4.79. The van der Waals surface area contributed by atoms with Crippen molar-refractivity contribution in [3.63, 3.8) is 0 Å². The van der Waals surface area contributed by atoms with E-state index in [1.165, 1.54) is 14.2 Å². The van der Waals surface area contributed by atoms with Crippen LogP contribution in [0.4, 0.5) is 0 Å². The Hall–Kier alpha value is -1.80. The molecule has 8 heteroatoms. The molecule has 0 bridgehead atoms. The molecule has 0 saturated carbocycles. The molecule has 0 aliphatic carbocycles. The summed E-state index contributed by atoms with van der Waals surface area (Å²) >= 11 is 0. The topological polar surface area (TPSA) is 102 Å². The smallest absolute Gasteiger partial charge is 0.321 e. The average molecular weight is 315 g/mol. The molecule has 116 valence electrons. The number of hydrogen-bond acceptors (Lipinski definition) is 6. The molecule has 2 rings (SSSR count). The zero-order chi connectivity index (χ0) is 15.6. The van der Waals surface area contributed by atoms with E-state index in [9.17, 15) is 13.2 Å². The van der Waals surface area contributed by atoms with Crippen molar-refractivity contribution >= 4 is 15.8 Å². The molecule has 2 atom stereocenters. The maximum atomic E-state index is 11.9.